The van der Waals surface area contributed by atoms with Crippen LogP contribution < -0.4 is 5.32 Å². The van der Waals surface area contributed by atoms with E-state index >= 15 is 0 Å². The van der Waals surface area contributed by atoms with Crippen molar-refractivity contribution in [1.29, 1.82) is 0 Å². The van der Waals surface area contributed by atoms with E-state index in [1.54, 1.807) is 6.07 Å². The molecule has 21 heavy (non-hydrogen) atoms. The maximum Gasteiger partial charge on any atom is 0.418 e. The fourth-order valence-electron chi connectivity index (χ4n) is 2.77. The molecular formula is C15H20BrF3N2. The maximum atomic E-state index is 13.1. The Balaban J connectivity index is 2.12. The molecule has 2 nitrogen and oxygen atoms in total. The van der Waals surface area contributed by atoms with E-state index < -0.39 is 11.7 Å². The zero-order chi connectivity index (χ0) is 15.6. The highest BCUT2D eigenvalue weighted by molar-refractivity contribution is 9.10. The molecule has 6 heteroatoms. The SMILES string of the molecule is CC(Nc1ccc(Br)cc1C(F)(F)F)C1CCN(C)CC1. The van der Waals surface area contributed by atoms with Crippen molar-refractivity contribution in [2.75, 3.05) is 25.5 Å². The minimum atomic E-state index is -4.35. The lowest BCUT2D eigenvalue weighted by Crippen LogP contribution is -2.37. The van der Waals surface area contributed by atoms with E-state index in [0.717, 1.165) is 32.0 Å². The third-order valence-corrected chi connectivity index (χ3v) is 4.63. The summed E-state index contributed by atoms with van der Waals surface area (Å²) in [7, 11) is 2.07. The third kappa shape index (κ3) is 4.36. The Hall–Kier alpha value is -0.750. The second-order valence-corrected chi connectivity index (χ2v) is 6.68. The van der Waals surface area contributed by atoms with Crippen molar-refractivity contribution in [3.63, 3.8) is 0 Å². The maximum absolute atomic E-state index is 13.1. The van der Waals surface area contributed by atoms with Crippen LogP contribution in [0.1, 0.15) is 25.3 Å². The largest absolute Gasteiger partial charge is 0.418 e. The minimum Gasteiger partial charge on any atom is -0.382 e. The molecule has 0 amide bonds. The average Bonchev–Trinajstić information content (AvgIpc) is 2.40. The predicted molar refractivity (Wildman–Crippen MR) is 82.4 cm³/mol. The lowest BCUT2D eigenvalue weighted by molar-refractivity contribution is -0.137. The van der Waals surface area contributed by atoms with Gasteiger partial charge in [0.2, 0.25) is 0 Å². The standard InChI is InChI=1S/C15H20BrF3N2/c1-10(11-5-7-21(2)8-6-11)20-14-4-3-12(16)9-13(14)15(17,18)19/h3-4,9-11,20H,5-8H2,1-2H3. The van der Waals surface area contributed by atoms with Crippen molar-refractivity contribution >= 4 is 21.6 Å². The van der Waals surface area contributed by atoms with Crippen molar-refractivity contribution in [2.24, 2.45) is 5.92 Å². The van der Waals surface area contributed by atoms with Crippen LogP contribution in [0.3, 0.4) is 0 Å². The molecule has 0 aliphatic carbocycles. The summed E-state index contributed by atoms with van der Waals surface area (Å²) < 4.78 is 39.8. The summed E-state index contributed by atoms with van der Waals surface area (Å²) in [6.45, 7) is 3.98. The van der Waals surface area contributed by atoms with Gasteiger partial charge in [0, 0.05) is 16.2 Å². The van der Waals surface area contributed by atoms with Crippen molar-refractivity contribution in [1.82, 2.24) is 4.90 Å². The summed E-state index contributed by atoms with van der Waals surface area (Å²) in [5, 5.41) is 3.07. The molecule has 1 aromatic rings. The molecule has 1 unspecified atom stereocenters. The van der Waals surface area contributed by atoms with Gasteiger partial charge in [0.25, 0.3) is 0 Å². The van der Waals surface area contributed by atoms with Crippen LogP contribution in [-0.2, 0) is 6.18 Å². The van der Waals surface area contributed by atoms with Crippen LogP contribution >= 0.6 is 15.9 Å². The van der Waals surface area contributed by atoms with Crippen molar-refractivity contribution < 1.29 is 13.2 Å². The Kier molecular flexibility index (Phi) is 5.20. The summed E-state index contributed by atoms with van der Waals surface area (Å²) in [5.74, 6) is 0.408. The van der Waals surface area contributed by atoms with Crippen LogP contribution in [0, 0.1) is 5.92 Å². The van der Waals surface area contributed by atoms with Gasteiger partial charge in [0.1, 0.15) is 0 Å². The number of nitrogens with one attached hydrogen (secondary N) is 1. The number of rotatable bonds is 3. The Labute approximate surface area is 131 Å². The summed E-state index contributed by atoms with van der Waals surface area (Å²) in [6, 6.07) is 4.29. The molecule has 1 aromatic carbocycles. The highest BCUT2D eigenvalue weighted by atomic mass is 79.9. The van der Waals surface area contributed by atoms with Crippen molar-refractivity contribution in [3.8, 4) is 0 Å². The number of piperidine rings is 1. The summed E-state index contributed by atoms with van der Waals surface area (Å²) >= 11 is 3.10. The molecule has 0 aromatic heterocycles. The van der Waals surface area contributed by atoms with Crippen LogP contribution in [0.2, 0.25) is 0 Å². The third-order valence-electron chi connectivity index (χ3n) is 4.14. The number of hydrogen-bond acceptors (Lipinski definition) is 2. The van der Waals surface area contributed by atoms with Gasteiger partial charge in [-0.05, 0) is 64.0 Å². The van der Waals surface area contributed by atoms with E-state index in [-0.39, 0.29) is 11.7 Å². The van der Waals surface area contributed by atoms with Gasteiger partial charge in [-0.25, -0.2) is 0 Å². The van der Waals surface area contributed by atoms with Gasteiger partial charge in [-0.3, -0.25) is 0 Å². The smallest absolute Gasteiger partial charge is 0.382 e. The number of halogens is 4. The first-order valence-electron chi connectivity index (χ1n) is 7.09. The van der Waals surface area contributed by atoms with Crippen LogP contribution in [0.15, 0.2) is 22.7 Å². The molecule has 0 saturated carbocycles. The van der Waals surface area contributed by atoms with Crippen LogP contribution in [0.25, 0.3) is 0 Å². The quantitative estimate of drug-likeness (QED) is 0.842. The van der Waals surface area contributed by atoms with Gasteiger partial charge in [-0.15, -0.1) is 0 Å². The van der Waals surface area contributed by atoms with Crippen LogP contribution in [0.5, 0.6) is 0 Å². The Morgan fingerprint density at radius 2 is 1.90 bits per heavy atom. The number of hydrogen-bond donors (Lipinski definition) is 1. The van der Waals surface area contributed by atoms with Gasteiger partial charge in [0.05, 0.1) is 5.56 Å². The predicted octanol–water partition coefficient (Wildman–Crippen LogP) is 4.61. The number of benzene rings is 1. The molecular weight excluding hydrogens is 345 g/mol. The lowest BCUT2D eigenvalue weighted by Gasteiger charge is -2.34. The molecule has 0 bridgehead atoms. The van der Waals surface area contributed by atoms with Gasteiger partial charge < -0.3 is 10.2 Å². The number of likely N-dealkylation sites (tertiary alicyclic amines) is 1. The van der Waals surface area contributed by atoms with E-state index in [9.17, 15) is 13.2 Å². The Morgan fingerprint density at radius 3 is 2.48 bits per heavy atom. The first kappa shape index (κ1) is 16.6. The lowest BCUT2D eigenvalue weighted by atomic mass is 9.90. The molecule has 0 radical (unpaired) electrons. The Bertz CT molecular complexity index is 482. The molecule has 0 spiro atoms. The molecule has 1 aliphatic heterocycles. The highest BCUT2D eigenvalue weighted by Gasteiger charge is 2.34. The van der Waals surface area contributed by atoms with Gasteiger partial charge in [-0.2, -0.15) is 13.2 Å². The molecule has 1 atom stereocenters. The van der Waals surface area contributed by atoms with E-state index in [4.69, 9.17) is 0 Å². The Morgan fingerprint density at radius 1 is 1.29 bits per heavy atom. The van der Waals surface area contributed by atoms with Crippen molar-refractivity contribution in [2.45, 2.75) is 32.0 Å². The highest BCUT2D eigenvalue weighted by Crippen LogP contribution is 2.37. The molecule has 2 rings (SSSR count). The fraction of sp³-hybridized carbons (Fsp3) is 0.600. The summed E-state index contributed by atoms with van der Waals surface area (Å²) in [6.07, 6.45) is -2.32. The topological polar surface area (TPSA) is 15.3 Å². The van der Waals surface area contributed by atoms with E-state index in [1.165, 1.54) is 6.07 Å². The molecule has 1 aliphatic rings. The number of anilines is 1. The van der Waals surface area contributed by atoms with E-state index in [1.807, 2.05) is 6.92 Å². The summed E-state index contributed by atoms with van der Waals surface area (Å²) in [5.41, 5.74) is -0.450. The zero-order valence-corrected chi connectivity index (χ0v) is 13.8. The second kappa shape index (κ2) is 6.57. The summed E-state index contributed by atoms with van der Waals surface area (Å²) in [4.78, 5) is 2.25. The van der Waals surface area contributed by atoms with E-state index in [0.29, 0.717) is 10.4 Å². The first-order valence-corrected chi connectivity index (χ1v) is 7.88. The molecule has 118 valence electrons. The normalized spacial score (nSPS) is 19.5. The van der Waals surface area contributed by atoms with Gasteiger partial charge >= 0.3 is 6.18 Å². The zero-order valence-electron chi connectivity index (χ0n) is 12.2. The number of alkyl halides is 3. The molecule has 1 heterocycles. The van der Waals surface area contributed by atoms with E-state index in [2.05, 4.69) is 33.2 Å². The average molecular weight is 365 g/mol. The molecule has 1 saturated heterocycles. The molecule has 1 fully saturated rings. The molecule has 1 N–H and O–H groups in total. The monoisotopic (exact) mass is 364 g/mol. The number of nitrogens with zero attached hydrogens (tertiary/aromatic N) is 1. The van der Waals surface area contributed by atoms with Crippen LogP contribution in [0.4, 0.5) is 18.9 Å². The fourth-order valence-corrected chi connectivity index (χ4v) is 3.13. The second-order valence-electron chi connectivity index (χ2n) is 5.76. The minimum absolute atomic E-state index is 0.0287. The first-order chi connectivity index (χ1) is 9.77. The van der Waals surface area contributed by atoms with Crippen molar-refractivity contribution in [3.05, 3.63) is 28.2 Å². The van der Waals surface area contributed by atoms with Gasteiger partial charge in [-0.1, -0.05) is 15.9 Å². The van der Waals surface area contributed by atoms with Crippen LogP contribution in [-0.4, -0.2) is 31.1 Å². The van der Waals surface area contributed by atoms with Gasteiger partial charge in [0.15, 0.2) is 0 Å².